The molecular weight excluding hydrogens is 528 g/mol. The van der Waals surface area contributed by atoms with Gasteiger partial charge in [-0.1, -0.05) is 134 Å². The monoisotopic (exact) mass is 594 g/mol. The van der Waals surface area contributed by atoms with E-state index in [2.05, 4.69) is 26.0 Å². The molecule has 246 valence electrons. The smallest absolute Gasteiger partial charge is 0.303 e. The molecule has 6 heteroatoms. The molecule has 0 atom stereocenters. The molecule has 1 aromatic rings. The first kappa shape index (κ1) is 42.2. The van der Waals surface area contributed by atoms with Crippen molar-refractivity contribution in [2.24, 2.45) is 0 Å². The zero-order chi connectivity index (χ0) is 31.5. The van der Waals surface area contributed by atoms with Crippen molar-refractivity contribution < 1.29 is 30.3 Å². The molecule has 0 radical (unpaired) electrons. The van der Waals surface area contributed by atoms with Crippen LogP contribution in [0.1, 0.15) is 154 Å². The van der Waals surface area contributed by atoms with Crippen molar-refractivity contribution in [3.63, 3.8) is 0 Å². The van der Waals surface area contributed by atoms with E-state index in [1.807, 2.05) is 18.2 Å². The minimum atomic E-state index is -0.954. The number of unbranched alkanes of at least 4 members (excludes halogenated alkanes) is 17. The lowest BCUT2D eigenvalue weighted by Gasteiger charge is -2.04. The van der Waals surface area contributed by atoms with E-state index in [0.29, 0.717) is 12.2 Å². The Hall–Kier alpha value is -1.89. The van der Waals surface area contributed by atoms with Crippen LogP contribution in [0, 0.1) is 0 Å². The number of carboxylic acids is 1. The molecule has 6 nitrogen and oxygen atoms in total. The van der Waals surface area contributed by atoms with Gasteiger partial charge in [0.15, 0.2) is 0 Å². The highest BCUT2D eigenvalue weighted by molar-refractivity contribution is 5.66. The number of benzene rings is 1. The first-order valence-corrected chi connectivity index (χ1v) is 17.0. The first-order valence-electron chi connectivity index (χ1n) is 17.0. The van der Waals surface area contributed by atoms with E-state index in [9.17, 15) is 9.90 Å². The third-order valence-corrected chi connectivity index (χ3v) is 7.12. The zero-order valence-electron chi connectivity index (χ0n) is 27.2. The van der Waals surface area contributed by atoms with Crippen LogP contribution in [-0.4, -0.2) is 50.8 Å². The number of aliphatic carboxylic acids is 1. The van der Waals surface area contributed by atoms with E-state index >= 15 is 0 Å². The summed E-state index contributed by atoms with van der Waals surface area (Å²) >= 11 is 0. The van der Waals surface area contributed by atoms with Gasteiger partial charge in [-0.25, -0.2) is 0 Å². The molecule has 0 fully saturated rings. The van der Waals surface area contributed by atoms with E-state index in [-0.39, 0.29) is 13.2 Å². The molecule has 0 aromatic heterocycles. The Labute approximate surface area is 258 Å². The second-order valence-corrected chi connectivity index (χ2v) is 11.2. The normalized spacial score (nSPS) is 10.8. The largest absolute Gasteiger partial charge is 0.508 e. The van der Waals surface area contributed by atoms with Gasteiger partial charge in [0.25, 0.3) is 0 Å². The van der Waals surface area contributed by atoms with E-state index in [1.165, 1.54) is 116 Å². The van der Waals surface area contributed by atoms with E-state index in [4.69, 9.17) is 20.4 Å². The Morgan fingerprint density at radius 3 is 1.52 bits per heavy atom. The van der Waals surface area contributed by atoms with Gasteiger partial charge < -0.3 is 25.5 Å². The van der Waals surface area contributed by atoms with Gasteiger partial charge in [0.2, 0.25) is 0 Å². The molecular formula is C36H66O6. The van der Waals surface area contributed by atoms with E-state index in [1.54, 1.807) is 6.07 Å². The minimum Gasteiger partial charge on any atom is -0.508 e. The number of aliphatic hydroxyl groups is 3. The summed E-state index contributed by atoms with van der Waals surface area (Å²) in [6.45, 7) is 3.78. The summed E-state index contributed by atoms with van der Waals surface area (Å²) in [5.41, 5.74) is 1.09. The van der Waals surface area contributed by atoms with Gasteiger partial charge >= 0.3 is 5.97 Å². The lowest BCUT2D eigenvalue weighted by atomic mass is 10.0. The molecule has 0 amide bonds. The summed E-state index contributed by atoms with van der Waals surface area (Å²) < 4.78 is 0. The lowest BCUT2D eigenvalue weighted by Crippen LogP contribution is -2.15. The highest BCUT2D eigenvalue weighted by atomic mass is 16.4. The summed E-state index contributed by atoms with van der Waals surface area (Å²) in [5, 5.41) is 42.1. The van der Waals surface area contributed by atoms with Crippen molar-refractivity contribution in [1.82, 2.24) is 0 Å². The highest BCUT2D eigenvalue weighted by Gasteiger charge is 1.99. The Morgan fingerprint density at radius 1 is 0.667 bits per heavy atom. The van der Waals surface area contributed by atoms with Crippen molar-refractivity contribution in [3.05, 3.63) is 42.0 Å². The number of aryl methyl sites for hydroxylation is 1. The molecule has 5 N–H and O–H groups in total. The number of allylic oxidation sites excluding steroid dienone is 2. The van der Waals surface area contributed by atoms with Crippen molar-refractivity contribution in [2.75, 3.05) is 13.2 Å². The zero-order valence-corrected chi connectivity index (χ0v) is 27.2. The summed E-state index contributed by atoms with van der Waals surface area (Å²) in [5.74, 6) is -0.212. The number of carboxylic acid groups (broad SMARTS) is 1. The topological polar surface area (TPSA) is 118 Å². The molecule has 0 aliphatic carbocycles. The SMILES string of the molecule is CCCCCCCCC=CCCCCCCCC(=O)O.CCCCCCCCCc1ccccc1O.OCC(O)CO. The second kappa shape index (κ2) is 35.3. The Kier molecular flexibility index (Phi) is 35.5. The number of hydrogen-bond acceptors (Lipinski definition) is 5. The van der Waals surface area contributed by atoms with Crippen LogP contribution in [0.3, 0.4) is 0 Å². The fourth-order valence-electron chi connectivity index (χ4n) is 4.40. The fraction of sp³-hybridized carbons (Fsp3) is 0.750. The van der Waals surface area contributed by atoms with Crippen LogP contribution in [0.4, 0.5) is 0 Å². The van der Waals surface area contributed by atoms with Crippen LogP contribution in [0.5, 0.6) is 5.75 Å². The van der Waals surface area contributed by atoms with Crippen molar-refractivity contribution in [1.29, 1.82) is 0 Å². The molecule has 0 saturated carbocycles. The molecule has 0 saturated heterocycles. The molecule has 0 aliphatic heterocycles. The van der Waals surface area contributed by atoms with Gasteiger partial charge in [-0.05, 0) is 56.6 Å². The molecule has 0 heterocycles. The Balaban J connectivity index is 0. The average Bonchev–Trinajstić information content (AvgIpc) is 2.99. The van der Waals surface area contributed by atoms with Crippen molar-refractivity contribution in [2.45, 2.75) is 161 Å². The van der Waals surface area contributed by atoms with Gasteiger partial charge in [0.1, 0.15) is 11.9 Å². The minimum absolute atomic E-state index is 0.332. The standard InChI is InChI=1S/C18H34O2.C15H24O.C3H8O3/c1-2-3-4-5-6-7-8-9-10-11-12-13-14-15-16-17-18(19)20;1-2-3-4-5-6-7-8-11-14-12-9-10-13-15(14)16;4-1-3(6)2-5/h9-10H,2-8,11-17H2,1H3,(H,19,20);9-10,12-13,16H,2-8,11H2,1H3;3-6H,1-2H2. The third-order valence-electron chi connectivity index (χ3n) is 7.12. The maximum Gasteiger partial charge on any atom is 0.303 e. The van der Waals surface area contributed by atoms with Crippen LogP contribution >= 0.6 is 0 Å². The maximum atomic E-state index is 10.3. The van der Waals surface area contributed by atoms with E-state index < -0.39 is 12.1 Å². The summed E-state index contributed by atoms with van der Waals surface area (Å²) in [6, 6.07) is 7.67. The van der Waals surface area contributed by atoms with Gasteiger partial charge in [-0.2, -0.15) is 0 Å². The summed E-state index contributed by atoms with van der Waals surface area (Å²) in [7, 11) is 0. The van der Waals surface area contributed by atoms with Crippen LogP contribution in [-0.2, 0) is 11.2 Å². The molecule has 0 aliphatic rings. The van der Waals surface area contributed by atoms with Gasteiger partial charge in [0, 0.05) is 6.42 Å². The van der Waals surface area contributed by atoms with Crippen molar-refractivity contribution >= 4 is 5.97 Å². The number of carbonyl (C=O) groups is 1. The van der Waals surface area contributed by atoms with E-state index in [0.717, 1.165) is 24.8 Å². The predicted molar refractivity (Wildman–Crippen MR) is 177 cm³/mol. The molecule has 1 rings (SSSR count). The highest BCUT2D eigenvalue weighted by Crippen LogP contribution is 2.19. The lowest BCUT2D eigenvalue weighted by molar-refractivity contribution is -0.137. The molecule has 0 bridgehead atoms. The quantitative estimate of drug-likeness (QED) is 0.0569. The number of aliphatic hydroxyl groups excluding tert-OH is 3. The molecule has 0 spiro atoms. The number of para-hydroxylation sites is 1. The number of hydrogen-bond donors (Lipinski definition) is 5. The average molecular weight is 595 g/mol. The Morgan fingerprint density at radius 2 is 1.10 bits per heavy atom. The number of phenols is 1. The fourth-order valence-corrected chi connectivity index (χ4v) is 4.40. The maximum absolute atomic E-state index is 10.3. The molecule has 42 heavy (non-hydrogen) atoms. The third kappa shape index (κ3) is 34.3. The first-order chi connectivity index (χ1) is 20.4. The predicted octanol–water partition coefficient (Wildman–Crippen LogP) is 9.13. The van der Waals surface area contributed by atoms with Crippen LogP contribution in [0.2, 0.25) is 0 Å². The van der Waals surface area contributed by atoms with Crippen LogP contribution in [0.15, 0.2) is 36.4 Å². The number of phenolic OH excluding ortho intramolecular Hbond substituents is 1. The van der Waals surface area contributed by atoms with Gasteiger partial charge in [-0.3, -0.25) is 4.79 Å². The number of aromatic hydroxyl groups is 1. The molecule has 1 aromatic carbocycles. The van der Waals surface area contributed by atoms with Gasteiger partial charge in [0.05, 0.1) is 13.2 Å². The number of rotatable bonds is 25. The van der Waals surface area contributed by atoms with Crippen molar-refractivity contribution in [3.8, 4) is 5.75 Å². The van der Waals surface area contributed by atoms with Gasteiger partial charge in [-0.15, -0.1) is 0 Å². The summed E-state index contributed by atoms with van der Waals surface area (Å²) in [6.07, 6.45) is 30.6. The molecule has 0 unspecified atom stereocenters. The Bertz CT molecular complexity index is 702. The van der Waals surface area contributed by atoms with Crippen LogP contribution in [0.25, 0.3) is 0 Å². The summed E-state index contributed by atoms with van der Waals surface area (Å²) in [4.78, 5) is 10.3. The second-order valence-electron chi connectivity index (χ2n) is 11.2. The van der Waals surface area contributed by atoms with Crippen LogP contribution < -0.4 is 0 Å².